The minimum Gasteiger partial charge on any atom is -0.355 e. The topological polar surface area (TPSA) is 104 Å². The third kappa shape index (κ3) is 4.85. The van der Waals surface area contributed by atoms with Crippen LogP contribution in [0.3, 0.4) is 0 Å². The van der Waals surface area contributed by atoms with Crippen LogP contribution in [0.15, 0.2) is 53.4 Å². The number of hydrogen-bond donors (Lipinski definition) is 3. The SMILES string of the molecule is CNC(=O)c1ccc(NC(=O)CNS(=O)(=O)c2ccccc2F)cc1. The maximum absolute atomic E-state index is 13.5. The molecule has 132 valence electrons. The molecule has 0 heterocycles. The molecule has 2 amide bonds. The molecule has 7 nitrogen and oxygen atoms in total. The van der Waals surface area contributed by atoms with Gasteiger partial charge in [0.2, 0.25) is 15.9 Å². The van der Waals surface area contributed by atoms with Gasteiger partial charge in [0.05, 0.1) is 6.54 Å². The van der Waals surface area contributed by atoms with E-state index in [0.29, 0.717) is 11.3 Å². The molecule has 0 aliphatic carbocycles. The predicted octanol–water partition coefficient (Wildman–Crippen LogP) is 1.10. The molecular formula is C16H16FN3O4S. The molecule has 0 fully saturated rings. The summed E-state index contributed by atoms with van der Waals surface area (Å²) in [6, 6.07) is 10.9. The van der Waals surface area contributed by atoms with Gasteiger partial charge in [-0.25, -0.2) is 17.5 Å². The van der Waals surface area contributed by atoms with Gasteiger partial charge in [0.15, 0.2) is 0 Å². The van der Waals surface area contributed by atoms with Gasteiger partial charge < -0.3 is 10.6 Å². The van der Waals surface area contributed by atoms with E-state index in [1.54, 1.807) is 0 Å². The van der Waals surface area contributed by atoms with Crippen molar-refractivity contribution in [2.45, 2.75) is 4.90 Å². The van der Waals surface area contributed by atoms with Crippen LogP contribution in [0.2, 0.25) is 0 Å². The van der Waals surface area contributed by atoms with Crippen molar-refractivity contribution in [2.24, 2.45) is 0 Å². The van der Waals surface area contributed by atoms with Crippen molar-refractivity contribution in [1.82, 2.24) is 10.0 Å². The number of halogens is 1. The summed E-state index contributed by atoms with van der Waals surface area (Å²) < 4.78 is 39.5. The Bertz CT molecular complexity index is 883. The Morgan fingerprint density at radius 1 is 1.04 bits per heavy atom. The minimum atomic E-state index is -4.14. The van der Waals surface area contributed by atoms with Crippen molar-refractivity contribution in [2.75, 3.05) is 18.9 Å². The van der Waals surface area contributed by atoms with E-state index in [9.17, 15) is 22.4 Å². The Morgan fingerprint density at radius 2 is 1.68 bits per heavy atom. The summed E-state index contributed by atoms with van der Waals surface area (Å²) in [5.41, 5.74) is 0.809. The standard InChI is InChI=1S/C16H16FN3O4S/c1-18-16(22)11-6-8-12(9-7-11)20-15(21)10-19-25(23,24)14-5-3-2-4-13(14)17/h2-9,19H,10H2,1H3,(H,18,22)(H,20,21). The fraction of sp³-hybridized carbons (Fsp3) is 0.125. The summed E-state index contributed by atoms with van der Waals surface area (Å²) in [7, 11) is -2.64. The van der Waals surface area contributed by atoms with E-state index in [4.69, 9.17) is 0 Å². The fourth-order valence-electron chi connectivity index (χ4n) is 1.96. The Morgan fingerprint density at radius 3 is 2.28 bits per heavy atom. The zero-order valence-corrected chi connectivity index (χ0v) is 14.1. The van der Waals surface area contributed by atoms with E-state index in [2.05, 4.69) is 10.6 Å². The van der Waals surface area contributed by atoms with Crippen LogP contribution in [0.25, 0.3) is 0 Å². The molecule has 0 aliphatic heterocycles. The number of sulfonamides is 1. The van der Waals surface area contributed by atoms with Gasteiger partial charge in [0, 0.05) is 18.3 Å². The van der Waals surface area contributed by atoms with Crippen LogP contribution >= 0.6 is 0 Å². The number of amides is 2. The fourth-order valence-corrected chi connectivity index (χ4v) is 3.01. The zero-order chi connectivity index (χ0) is 18.4. The quantitative estimate of drug-likeness (QED) is 0.713. The van der Waals surface area contributed by atoms with Crippen molar-refractivity contribution in [3.8, 4) is 0 Å². The molecule has 2 aromatic rings. The van der Waals surface area contributed by atoms with E-state index in [0.717, 1.165) is 12.1 Å². The molecular weight excluding hydrogens is 349 g/mol. The molecule has 2 rings (SSSR count). The molecule has 0 unspecified atom stereocenters. The molecule has 0 saturated carbocycles. The first-order valence-electron chi connectivity index (χ1n) is 7.19. The summed E-state index contributed by atoms with van der Waals surface area (Å²) in [5.74, 6) is -1.80. The lowest BCUT2D eigenvalue weighted by molar-refractivity contribution is -0.115. The highest BCUT2D eigenvalue weighted by Crippen LogP contribution is 2.13. The molecule has 0 atom stereocenters. The lowest BCUT2D eigenvalue weighted by Crippen LogP contribution is -2.33. The van der Waals surface area contributed by atoms with Gasteiger partial charge in [-0.3, -0.25) is 9.59 Å². The van der Waals surface area contributed by atoms with Crippen molar-refractivity contribution >= 4 is 27.5 Å². The second kappa shape index (κ2) is 7.86. The van der Waals surface area contributed by atoms with E-state index >= 15 is 0 Å². The Labute approximate surface area is 144 Å². The number of anilines is 1. The van der Waals surface area contributed by atoms with Gasteiger partial charge in [0.25, 0.3) is 5.91 Å². The Hall–Kier alpha value is -2.78. The average Bonchev–Trinajstić information content (AvgIpc) is 2.60. The zero-order valence-electron chi connectivity index (χ0n) is 13.2. The molecule has 0 radical (unpaired) electrons. The Balaban J connectivity index is 1.97. The van der Waals surface area contributed by atoms with E-state index in [-0.39, 0.29) is 5.91 Å². The first-order chi connectivity index (χ1) is 11.8. The van der Waals surface area contributed by atoms with Crippen molar-refractivity contribution in [1.29, 1.82) is 0 Å². The first-order valence-corrected chi connectivity index (χ1v) is 8.68. The summed E-state index contributed by atoms with van der Waals surface area (Å²) >= 11 is 0. The first kappa shape index (κ1) is 18.6. The summed E-state index contributed by atoms with van der Waals surface area (Å²) in [6.07, 6.45) is 0. The molecule has 9 heteroatoms. The van der Waals surface area contributed by atoms with Crippen LogP contribution in [0.5, 0.6) is 0 Å². The van der Waals surface area contributed by atoms with Crippen LogP contribution < -0.4 is 15.4 Å². The normalized spacial score (nSPS) is 11.0. The second-order valence-corrected chi connectivity index (χ2v) is 6.69. The smallest absolute Gasteiger partial charge is 0.251 e. The maximum Gasteiger partial charge on any atom is 0.251 e. The number of carbonyl (C=O) groups excluding carboxylic acids is 2. The van der Waals surface area contributed by atoms with Crippen LogP contribution in [0.1, 0.15) is 10.4 Å². The van der Waals surface area contributed by atoms with Crippen molar-refractivity contribution in [3.63, 3.8) is 0 Å². The lowest BCUT2D eigenvalue weighted by Gasteiger charge is -2.09. The van der Waals surface area contributed by atoms with Gasteiger partial charge >= 0.3 is 0 Å². The van der Waals surface area contributed by atoms with E-state index in [1.807, 2.05) is 4.72 Å². The number of carbonyl (C=O) groups is 2. The highest BCUT2D eigenvalue weighted by Gasteiger charge is 2.19. The monoisotopic (exact) mass is 365 g/mol. The molecule has 0 saturated heterocycles. The lowest BCUT2D eigenvalue weighted by atomic mass is 10.2. The molecule has 0 spiro atoms. The largest absolute Gasteiger partial charge is 0.355 e. The summed E-state index contributed by atoms with van der Waals surface area (Å²) in [5, 5.41) is 4.94. The molecule has 2 aromatic carbocycles. The Kier molecular flexibility index (Phi) is 5.84. The van der Waals surface area contributed by atoms with Crippen LogP contribution in [-0.4, -0.2) is 33.8 Å². The number of hydrogen-bond acceptors (Lipinski definition) is 4. The summed E-state index contributed by atoms with van der Waals surface area (Å²) in [6.45, 7) is -0.562. The second-order valence-electron chi connectivity index (χ2n) is 4.96. The van der Waals surface area contributed by atoms with Crippen molar-refractivity contribution < 1.29 is 22.4 Å². The van der Waals surface area contributed by atoms with E-state index in [1.165, 1.54) is 43.4 Å². The predicted molar refractivity (Wildman–Crippen MR) is 90.1 cm³/mol. The third-order valence-electron chi connectivity index (χ3n) is 3.21. The number of rotatable bonds is 6. The van der Waals surface area contributed by atoms with Gasteiger partial charge in [0.1, 0.15) is 10.7 Å². The van der Waals surface area contributed by atoms with Gasteiger partial charge in [-0.2, -0.15) is 0 Å². The molecule has 0 aliphatic rings. The molecule has 0 aromatic heterocycles. The maximum atomic E-state index is 13.5. The third-order valence-corrected chi connectivity index (χ3v) is 4.64. The van der Waals surface area contributed by atoms with Crippen LogP contribution in [-0.2, 0) is 14.8 Å². The van der Waals surface area contributed by atoms with Crippen LogP contribution in [0.4, 0.5) is 10.1 Å². The molecule has 25 heavy (non-hydrogen) atoms. The molecule has 3 N–H and O–H groups in total. The average molecular weight is 365 g/mol. The highest BCUT2D eigenvalue weighted by atomic mass is 32.2. The van der Waals surface area contributed by atoms with Crippen LogP contribution in [0, 0.1) is 5.82 Å². The van der Waals surface area contributed by atoms with Crippen molar-refractivity contribution in [3.05, 3.63) is 59.9 Å². The van der Waals surface area contributed by atoms with Gasteiger partial charge in [-0.05, 0) is 36.4 Å². The van der Waals surface area contributed by atoms with Gasteiger partial charge in [-0.15, -0.1) is 0 Å². The number of nitrogens with one attached hydrogen (secondary N) is 3. The minimum absolute atomic E-state index is 0.268. The number of benzene rings is 2. The van der Waals surface area contributed by atoms with E-state index < -0.39 is 33.2 Å². The highest BCUT2D eigenvalue weighted by molar-refractivity contribution is 7.89. The van der Waals surface area contributed by atoms with Gasteiger partial charge in [-0.1, -0.05) is 12.1 Å². The summed E-state index contributed by atoms with van der Waals surface area (Å²) in [4.78, 5) is 22.7. The molecule has 0 bridgehead atoms.